The van der Waals surface area contributed by atoms with Gasteiger partial charge in [-0.15, -0.1) is 10.2 Å². The van der Waals surface area contributed by atoms with Gasteiger partial charge < -0.3 is 5.32 Å². The number of hydrogen-bond acceptors (Lipinski definition) is 4. The average Bonchev–Trinajstić information content (AvgIpc) is 2.95. The number of aromatic nitrogens is 4. The van der Waals surface area contributed by atoms with E-state index in [9.17, 15) is 4.39 Å². The van der Waals surface area contributed by atoms with Crippen LogP contribution >= 0.6 is 0 Å². The van der Waals surface area contributed by atoms with E-state index in [1.165, 1.54) is 12.1 Å². The van der Waals surface area contributed by atoms with Crippen LogP contribution in [0.2, 0.25) is 0 Å². The molecule has 0 radical (unpaired) electrons. The molecule has 0 atom stereocenters. The summed E-state index contributed by atoms with van der Waals surface area (Å²) in [6.45, 7) is 5.79. The Morgan fingerprint density at radius 2 is 1.69 bits per heavy atom. The molecule has 0 bridgehead atoms. The normalized spacial score (nSPS) is 11.1. The van der Waals surface area contributed by atoms with Crippen LogP contribution in [0.25, 0.3) is 16.6 Å². The smallest absolute Gasteiger partial charge is 0.183 e. The first-order valence-corrected chi connectivity index (χ1v) is 8.35. The molecule has 2 heterocycles. The van der Waals surface area contributed by atoms with Gasteiger partial charge in [-0.3, -0.25) is 0 Å². The summed E-state index contributed by atoms with van der Waals surface area (Å²) in [7, 11) is 0. The largest absolute Gasteiger partial charge is 0.338 e. The Hall–Kier alpha value is -3.28. The number of nitrogens with zero attached hydrogens (tertiary/aromatic N) is 4. The lowest BCUT2D eigenvalue weighted by atomic mass is 10.1. The summed E-state index contributed by atoms with van der Waals surface area (Å²) < 4.78 is 15.2. The van der Waals surface area contributed by atoms with Gasteiger partial charge >= 0.3 is 0 Å². The third-order valence-corrected chi connectivity index (χ3v) is 4.32. The van der Waals surface area contributed by atoms with Gasteiger partial charge in [0.05, 0.1) is 5.69 Å². The van der Waals surface area contributed by atoms with Crippen molar-refractivity contribution in [1.82, 2.24) is 20.0 Å². The molecule has 0 saturated heterocycles. The van der Waals surface area contributed by atoms with Crippen molar-refractivity contribution in [3.63, 3.8) is 0 Å². The quantitative estimate of drug-likeness (QED) is 0.587. The van der Waals surface area contributed by atoms with E-state index in [0.29, 0.717) is 11.6 Å². The highest BCUT2D eigenvalue weighted by Crippen LogP contribution is 2.29. The van der Waals surface area contributed by atoms with Crippen molar-refractivity contribution < 1.29 is 4.39 Å². The fourth-order valence-corrected chi connectivity index (χ4v) is 3.08. The molecule has 2 aromatic heterocycles. The number of halogens is 1. The highest BCUT2D eigenvalue weighted by Gasteiger charge is 2.14. The minimum atomic E-state index is -0.260. The summed E-state index contributed by atoms with van der Waals surface area (Å²) >= 11 is 0. The maximum atomic E-state index is 13.4. The molecule has 6 heteroatoms. The van der Waals surface area contributed by atoms with Crippen molar-refractivity contribution in [3.05, 3.63) is 71.3 Å². The van der Waals surface area contributed by atoms with E-state index in [1.54, 1.807) is 10.7 Å². The van der Waals surface area contributed by atoms with Gasteiger partial charge in [0.1, 0.15) is 5.82 Å². The minimum absolute atomic E-state index is 0.260. The molecule has 1 N–H and O–H groups in total. The lowest BCUT2D eigenvalue weighted by Gasteiger charge is -2.13. The van der Waals surface area contributed by atoms with E-state index in [-0.39, 0.29) is 5.82 Å². The number of anilines is 2. The van der Waals surface area contributed by atoms with Crippen LogP contribution in [0.1, 0.15) is 17.0 Å². The van der Waals surface area contributed by atoms with E-state index in [4.69, 9.17) is 0 Å². The third kappa shape index (κ3) is 2.79. The number of fused-ring (bicyclic) bond motifs is 1. The molecule has 0 aliphatic rings. The molecular formula is C20H18FN5. The van der Waals surface area contributed by atoms with Crippen LogP contribution in [0.15, 0.2) is 48.5 Å². The highest BCUT2D eigenvalue weighted by atomic mass is 19.1. The highest BCUT2D eigenvalue weighted by molar-refractivity contribution is 5.97. The van der Waals surface area contributed by atoms with Crippen LogP contribution < -0.4 is 5.32 Å². The van der Waals surface area contributed by atoms with Crippen LogP contribution in [-0.4, -0.2) is 20.0 Å². The molecule has 130 valence electrons. The predicted octanol–water partition coefficient (Wildman–Crippen LogP) is 4.62. The summed E-state index contributed by atoms with van der Waals surface area (Å²) in [6, 6.07) is 14.5. The molecule has 26 heavy (non-hydrogen) atoms. The standard InChI is InChI=1S/C20H18FN5/c1-12-10-15(21)8-9-18(12)22-19-16-6-4-5-7-17(16)20(24-23-19)26-14(3)11-13(2)25-26/h4-11H,1-3H3,(H,22,23). The van der Waals surface area contributed by atoms with Gasteiger partial charge in [-0.1, -0.05) is 24.3 Å². The van der Waals surface area contributed by atoms with Crippen LogP contribution in [0.4, 0.5) is 15.9 Å². The molecular weight excluding hydrogens is 329 g/mol. The Morgan fingerprint density at radius 3 is 2.38 bits per heavy atom. The average molecular weight is 347 g/mol. The molecule has 0 aliphatic carbocycles. The summed E-state index contributed by atoms with van der Waals surface area (Å²) in [5.74, 6) is 1.05. The SMILES string of the molecule is Cc1cc(C)n(-c2nnc(Nc3ccc(F)cc3C)c3ccccc23)n1. The molecule has 0 saturated carbocycles. The molecule has 2 aromatic carbocycles. The van der Waals surface area contributed by atoms with Gasteiger partial charge in [-0.25, -0.2) is 9.07 Å². The fourth-order valence-electron chi connectivity index (χ4n) is 3.08. The zero-order chi connectivity index (χ0) is 18.3. The van der Waals surface area contributed by atoms with Gasteiger partial charge in [0.2, 0.25) is 0 Å². The zero-order valence-electron chi connectivity index (χ0n) is 14.8. The number of hydrogen-bond donors (Lipinski definition) is 1. The summed E-state index contributed by atoms with van der Waals surface area (Å²) in [6.07, 6.45) is 0. The number of rotatable bonds is 3. The van der Waals surface area contributed by atoms with Crippen molar-refractivity contribution in [3.8, 4) is 5.82 Å². The molecule has 4 aromatic rings. The maximum Gasteiger partial charge on any atom is 0.183 e. The Labute approximate surface area is 150 Å². The molecule has 0 spiro atoms. The fraction of sp³-hybridized carbons (Fsp3) is 0.150. The zero-order valence-corrected chi connectivity index (χ0v) is 14.8. The second kappa shape index (κ2) is 6.22. The third-order valence-electron chi connectivity index (χ3n) is 4.32. The Kier molecular flexibility index (Phi) is 3.88. The van der Waals surface area contributed by atoms with E-state index >= 15 is 0 Å². The molecule has 0 fully saturated rings. The molecule has 0 unspecified atom stereocenters. The number of nitrogens with one attached hydrogen (secondary N) is 1. The first-order chi connectivity index (χ1) is 12.5. The molecule has 4 rings (SSSR count). The van der Waals surface area contributed by atoms with Crippen molar-refractivity contribution in [2.45, 2.75) is 20.8 Å². The maximum absolute atomic E-state index is 13.4. The second-order valence-electron chi connectivity index (χ2n) is 6.34. The van der Waals surface area contributed by atoms with Crippen LogP contribution in [0.3, 0.4) is 0 Å². The minimum Gasteiger partial charge on any atom is -0.338 e. The van der Waals surface area contributed by atoms with E-state index in [0.717, 1.165) is 33.4 Å². The lowest BCUT2D eigenvalue weighted by Crippen LogP contribution is -2.07. The van der Waals surface area contributed by atoms with Gasteiger partial charge in [0.15, 0.2) is 11.6 Å². The van der Waals surface area contributed by atoms with Crippen molar-refractivity contribution >= 4 is 22.3 Å². The first-order valence-electron chi connectivity index (χ1n) is 8.35. The molecule has 0 aliphatic heterocycles. The van der Waals surface area contributed by atoms with Crippen molar-refractivity contribution in [1.29, 1.82) is 0 Å². The van der Waals surface area contributed by atoms with E-state index < -0.39 is 0 Å². The lowest BCUT2D eigenvalue weighted by molar-refractivity contribution is 0.627. The Balaban J connectivity index is 1.85. The van der Waals surface area contributed by atoms with E-state index in [2.05, 4.69) is 20.6 Å². The van der Waals surface area contributed by atoms with Crippen molar-refractivity contribution in [2.75, 3.05) is 5.32 Å². The topological polar surface area (TPSA) is 55.6 Å². The molecule has 5 nitrogen and oxygen atoms in total. The number of benzene rings is 2. The molecule has 0 amide bonds. The van der Waals surface area contributed by atoms with Gasteiger partial charge in [0.25, 0.3) is 0 Å². The van der Waals surface area contributed by atoms with Crippen LogP contribution in [0, 0.1) is 26.6 Å². The summed E-state index contributed by atoms with van der Waals surface area (Å²) in [5, 5.41) is 18.4. The van der Waals surface area contributed by atoms with Crippen molar-refractivity contribution in [2.24, 2.45) is 0 Å². The Morgan fingerprint density at radius 1 is 0.923 bits per heavy atom. The second-order valence-corrected chi connectivity index (χ2v) is 6.34. The predicted molar refractivity (Wildman–Crippen MR) is 101 cm³/mol. The Bertz CT molecular complexity index is 1120. The van der Waals surface area contributed by atoms with E-state index in [1.807, 2.05) is 51.1 Å². The summed E-state index contributed by atoms with van der Waals surface area (Å²) in [4.78, 5) is 0. The number of aryl methyl sites for hydroxylation is 3. The van der Waals surface area contributed by atoms with Crippen LogP contribution in [0.5, 0.6) is 0 Å². The monoisotopic (exact) mass is 347 g/mol. The summed E-state index contributed by atoms with van der Waals surface area (Å²) in [5.41, 5.74) is 3.53. The van der Waals surface area contributed by atoms with Crippen LogP contribution in [-0.2, 0) is 0 Å². The van der Waals surface area contributed by atoms with Gasteiger partial charge in [-0.05, 0) is 50.6 Å². The van der Waals surface area contributed by atoms with Gasteiger partial charge in [0, 0.05) is 22.2 Å². The van der Waals surface area contributed by atoms with Gasteiger partial charge in [-0.2, -0.15) is 5.10 Å². The first kappa shape index (κ1) is 16.2.